The van der Waals surface area contributed by atoms with Gasteiger partial charge in [0, 0.05) is 11.3 Å². The van der Waals surface area contributed by atoms with Gasteiger partial charge in [0.25, 0.3) is 5.91 Å². The lowest BCUT2D eigenvalue weighted by atomic mass is 10.3. The number of nitrogens with one attached hydrogen (secondary N) is 1. The lowest BCUT2D eigenvalue weighted by Crippen LogP contribution is -2.28. The van der Waals surface area contributed by atoms with Crippen molar-refractivity contribution in [2.45, 2.75) is 25.3 Å². The van der Waals surface area contributed by atoms with Crippen LogP contribution in [0.1, 0.15) is 29.5 Å². The highest BCUT2D eigenvalue weighted by molar-refractivity contribution is 7.09. The van der Waals surface area contributed by atoms with Gasteiger partial charge in [0.05, 0.1) is 24.4 Å². The number of benzene rings is 1. The Morgan fingerprint density at radius 3 is 2.86 bits per heavy atom. The number of carbonyl (C=O) groups is 1. The molecule has 1 aromatic carbocycles. The van der Waals surface area contributed by atoms with Crippen molar-refractivity contribution in [3.8, 4) is 11.5 Å². The second-order valence-corrected chi connectivity index (χ2v) is 6.06. The summed E-state index contributed by atoms with van der Waals surface area (Å²) in [5, 5.41) is 6.02. The van der Waals surface area contributed by atoms with Crippen LogP contribution in [0.25, 0.3) is 0 Å². The summed E-state index contributed by atoms with van der Waals surface area (Å²) in [6, 6.07) is 7.26. The highest BCUT2D eigenvalue weighted by Gasteiger charge is 2.26. The summed E-state index contributed by atoms with van der Waals surface area (Å²) < 4.78 is 10.6. The molecule has 1 aromatic heterocycles. The number of thiazole rings is 1. The Bertz CT molecular complexity index is 652. The van der Waals surface area contributed by atoms with Crippen molar-refractivity contribution in [2.75, 3.05) is 13.7 Å². The van der Waals surface area contributed by atoms with E-state index in [4.69, 9.17) is 9.47 Å². The van der Waals surface area contributed by atoms with Crippen LogP contribution in [0.5, 0.6) is 11.5 Å². The molecule has 3 rings (SSSR count). The van der Waals surface area contributed by atoms with Gasteiger partial charge in [-0.1, -0.05) is 12.1 Å². The van der Waals surface area contributed by atoms with Crippen molar-refractivity contribution in [3.63, 3.8) is 0 Å². The number of amides is 1. The van der Waals surface area contributed by atoms with Crippen LogP contribution < -0.4 is 14.8 Å². The van der Waals surface area contributed by atoms with Gasteiger partial charge in [-0.25, -0.2) is 4.98 Å². The van der Waals surface area contributed by atoms with Crippen molar-refractivity contribution in [2.24, 2.45) is 0 Å². The maximum absolute atomic E-state index is 11.8. The fourth-order valence-corrected chi connectivity index (χ4v) is 3.03. The second kappa shape index (κ2) is 6.79. The largest absolute Gasteiger partial charge is 0.493 e. The average Bonchev–Trinajstić information content (AvgIpc) is 3.30. The average molecular weight is 318 g/mol. The number of ether oxygens (including phenoxy) is 2. The Morgan fingerprint density at radius 2 is 2.14 bits per heavy atom. The van der Waals surface area contributed by atoms with E-state index in [1.54, 1.807) is 30.6 Å². The highest BCUT2D eigenvalue weighted by atomic mass is 32.1. The van der Waals surface area contributed by atoms with E-state index in [-0.39, 0.29) is 12.5 Å². The number of hydrogen-bond acceptors (Lipinski definition) is 5. The topological polar surface area (TPSA) is 60.5 Å². The molecular formula is C16H18N2O3S. The molecule has 22 heavy (non-hydrogen) atoms. The first-order valence-corrected chi connectivity index (χ1v) is 8.11. The van der Waals surface area contributed by atoms with Crippen molar-refractivity contribution >= 4 is 17.2 Å². The van der Waals surface area contributed by atoms with Gasteiger partial charge in [-0.15, -0.1) is 11.3 Å². The third-order valence-corrected chi connectivity index (χ3v) is 4.45. The van der Waals surface area contributed by atoms with Crippen LogP contribution in [0.3, 0.4) is 0 Å². The smallest absolute Gasteiger partial charge is 0.258 e. The predicted octanol–water partition coefficient (Wildman–Crippen LogP) is 2.72. The summed E-state index contributed by atoms with van der Waals surface area (Å²) in [5.74, 6) is 1.66. The zero-order chi connectivity index (χ0) is 15.4. The first-order chi connectivity index (χ1) is 10.8. The van der Waals surface area contributed by atoms with Gasteiger partial charge in [0.15, 0.2) is 18.1 Å². The Labute approximate surface area is 133 Å². The van der Waals surface area contributed by atoms with Crippen molar-refractivity contribution < 1.29 is 14.3 Å². The highest BCUT2D eigenvalue weighted by Crippen LogP contribution is 2.41. The Balaban J connectivity index is 1.45. The summed E-state index contributed by atoms with van der Waals surface area (Å²) in [5.41, 5.74) is 0.914. The number of nitrogens with zero attached hydrogens (tertiary/aromatic N) is 1. The molecule has 6 heteroatoms. The molecule has 5 nitrogen and oxygen atoms in total. The number of hydrogen-bond donors (Lipinski definition) is 1. The maximum atomic E-state index is 11.8. The molecule has 1 heterocycles. The van der Waals surface area contributed by atoms with Gasteiger partial charge in [-0.2, -0.15) is 0 Å². The first kappa shape index (κ1) is 14.8. The van der Waals surface area contributed by atoms with Gasteiger partial charge in [0.2, 0.25) is 0 Å². The summed E-state index contributed by atoms with van der Waals surface area (Å²) in [6.45, 7) is 0.400. The molecule has 0 spiro atoms. The van der Waals surface area contributed by atoms with E-state index in [1.807, 2.05) is 17.5 Å². The molecule has 1 aliphatic carbocycles. The Hall–Kier alpha value is -2.08. The zero-order valence-electron chi connectivity index (χ0n) is 12.4. The van der Waals surface area contributed by atoms with Crippen LogP contribution in [0.2, 0.25) is 0 Å². The predicted molar refractivity (Wildman–Crippen MR) is 84.4 cm³/mol. The molecule has 1 aliphatic rings. The molecule has 0 radical (unpaired) electrons. The number of rotatable bonds is 7. The van der Waals surface area contributed by atoms with E-state index in [1.165, 1.54) is 17.8 Å². The number of aromatic nitrogens is 1. The van der Waals surface area contributed by atoms with Gasteiger partial charge < -0.3 is 14.8 Å². The van der Waals surface area contributed by atoms with Gasteiger partial charge >= 0.3 is 0 Å². The van der Waals surface area contributed by atoms with E-state index in [2.05, 4.69) is 10.3 Å². The van der Waals surface area contributed by atoms with Crippen LogP contribution in [0, 0.1) is 0 Å². The molecule has 0 unspecified atom stereocenters. The SMILES string of the molecule is COc1ccccc1OCC(=O)NCc1csc(C2CC2)n1. The Kier molecular flexibility index (Phi) is 4.58. The van der Waals surface area contributed by atoms with Crippen LogP contribution in [0.4, 0.5) is 0 Å². The summed E-state index contributed by atoms with van der Waals surface area (Å²) in [4.78, 5) is 16.4. The quantitative estimate of drug-likeness (QED) is 0.853. The number of carbonyl (C=O) groups excluding carboxylic acids is 1. The first-order valence-electron chi connectivity index (χ1n) is 7.23. The molecular weight excluding hydrogens is 300 g/mol. The van der Waals surface area contributed by atoms with Gasteiger partial charge in [-0.05, 0) is 25.0 Å². The van der Waals surface area contributed by atoms with Gasteiger partial charge in [0.1, 0.15) is 0 Å². The van der Waals surface area contributed by atoms with E-state index >= 15 is 0 Å². The van der Waals surface area contributed by atoms with Crippen LogP contribution >= 0.6 is 11.3 Å². The molecule has 0 atom stereocenters. The minimum absolute atomic E-state index is 0.0417. The van der Waals surface area contributed by atoms with E-state index in [9.17, 15) is 4.79 Å². The van der Waals surface area contributed by atoms with E-state index < -0.39 is 0 Å². The molecule has 0 saturated heterocycles. The second-order valence-electron chi connectivity index (χ2n) is 5.17. The van der Waals surface area contributed by atoms with E-state index in [0.29, 0.717) is 24.0 Å². The minimum atomic E-state index is -0.174. The third-order valence-electron chi connectivity index (χ3n) is 3.39. The van der Waals surface area contributed by atoms with Crippen LogP contribution in [0.15, 0.2) is 29.6 Å². The minimum Gasteiger partial charge on any atom is -0.493 e. The number of para-hydroxylation sites is 2. The van der Waals surface area contributed by atoms with Crippen molar-refractivity contribution in [3.05, 3.63) is 40.3 Å². The maximum Gasteiger partial charge on any atom is 0.258 e. The molecule has 1 saturated carbocycles. The molecule has 1 amide bonds. The van der Waals surface area contributed by atoms with Gasteiger partial charge in [-0.3, -0.25) is 4.79 Å². The van der Waals surface area contributed by atoms with Crippen LogP contribution in [-0.2, 0) is 11.3 Å². The molecule has 0 aliphatic heterocycles. The normalized spacial score (nSPS) is 13.7. The van der Waals surface area contributed by atoms with Crippen molar-refractivity contribution in [1.29, 1.82) is 0 Å². The molecule has 116 valence electrons. The lowest BCUT2D eigenvalue weighted by Gasteiger charge is -2.10. The molecule has 2 aromatic rings. The third kappa shape index (κ3) is 3.76. The molecule has 1 N–H and O–H groups in total. The fourth-order valence-electron chi connectivity index (χ4n) is 2.04. The number of methoxy groups -OCH3 is 1. The summed E-state index contributed by atoms with van der Waals surface area (Å²) in [7, 11) is 1.57. The fraction of sp³-hybridized carbons (Fsp3) is 0.375. The lowest BCUT2D eigenvalue weighted by molar-refractivity contribution is -0.123. The van der Waals surface area contributed by atoms with E-state index in [0.717, 1.165) is 5.69 Å². The standard InChI is InChI=1S/C16H18N2O3S/c1-20-13-4-2-3-5-14(13)21-9-15(19)17-8-12-10-22-16(18-12)11-6-7-11/h2-5,10-11H,6-9H2,1H3,(H,17,19). The summed E-state index contributed by atoms with van der Waals surface area (Å²) in [6.07, 6.45) is 2.48. The van der Waals surface area contributed by atoms with Crippen molar-refractivity contribution in [1.82, 2.24) is 10.3 Å². The van der Waals surface area contributed by atoms with Crippen LogP contribution in [-0.4, -0.2) is 24.6 Å². The molecule has 0 bridgehead atoms. The zero-order valence-corrected chi connectivity index (χ0v) is 13.2. The monoisotopic (exact) mass is 318 g/mol. The summed E-state index contributed by atoms with van der Waals surface area (Å²) >= 11 is 1.68. The molecule has 1 fully saturated rings. The Morgan fingerprint density at radius 1 is 1.36 bits per heavy atom.